The number of aryl methyl sites for hydroxylation is 2. The highest BCUT2D eigenvalue weighted by Gasteiger charge is 2.28. The highest BCUT2D eigenvalue weighted by molar-refractivity contribution is 6.04. The van der Waals surface area contributed by atoms with Crippen molar-refractivity contribution in [2.75, 3.05) is 6.54 Å². The number of H-pyrrole nitrogens is 1. The summed E-state index contributed by atoms with van der Waals surface area (Å²) in [5, 5.41) is 8.00. The highest BCUT2D eigenvalue weighted by atomic mass is 16.4. The van der Waals surface area contributed by atoms with E-state index in [0.717, 1.165) is 40.8 Å². The van der Waals surface area contributed by atoms with Crippen molar-refractivity contribution in [1.29, 1.82) is 0 Å². The highest BCUT2D eigenvalue weighted by Crippen LogP contribution is 2.24. The predicted octanol–water partition coefficient (Wildman–Crippen LogP) is 2.93. The Balaban J connectivity index is 1.31. The number of benzene rings is 1. The Kier molecular flexibility index (Phi) is 4.12. The van der Waals surface area contributed by atoms with Crippen molar-refractivity contribution in [2.45, 2.75) is 25.8 Å². The Morgan fingerprint density at radius 3 is 3.00 bits per heavy atom. The number of para-hydroxylation sites is 1. The fourth-order valence-corrected chi connectivity index (χ4v) is 3.61. The number of carbonyl (C=O) groups is 1. The van der Waals surface area contributed by atoms with Crippen molar-refractivity contribution in [1.82, 2.24) is 25.1 Å². The molecule has 4 aromatic rings. The molecule has 1 aliphatic rings. The van der Waals surface area contributed by atoms with Crippen LogP contribution in [0.3, 0.4) is 0 Å². The van der Waals surface area contributed by atoms with Gasteiger partial charge in [-0.05, 0) is 24.1 Å². The number of nitrogens with one attached hydrogen (secondary N) is 1. The van der Waals surface area contributed by atoms with Crippen LogP contribution in [-0.2, 0) is 25.8 Å². The third-order valence-corrected chi connectivity index (χ3v) is 5.08. The van der Waals surface area contributed by atoms with Gasteiger partial charge in [0.2, 0.25) is 0 Å². The number of rotatable bonds is 4. The Morgan fingerprint density at radius 1 is 1.18 bits per heavy atom. The number of hydrogen-bond donors (Lipinski definition) is 1. The molecule has 0 saturated heterocycles. The SMILES string of the molecule is O=C(c1n[nH]c2ccccc12)N1CCc2oc(CCc3cccnc3)nc2C1. The molecule has 1 aromatic carbocycles. The van der Waals surface area contributed by atoms with Crippen LogP contribution in [0.2, 0.25) is 0 Å². The molecular formula is C21H19N5O2. The van der Waals surface area contributed by atoms with Crippen molar-refractivity contribution >= 4 is 16.8 Å². The van der Waals surface area contributed by atoms with Gasteiger partial charge < -0.3 is 9.32 Å². The number of amides is 1. The van der Waals surface area contributed by atoms with Gasteiger partial charge in [0, 0.05) is 37.2 Å². The zero-order valence-electron chi connectivity index (χ0n) is 15.3. The Morgan fingerprint density at radius 2 is 2.11 bits per heavy atom. The fourth-order valence-electron chi connectivity index (χ4n) is 3.61. The first-order chi connectivity index (χ1) is 13.8. The normalized spacial score (nSPS) is 13.6. The molecule has 1 aliphatic heterocycles. The minimum Gasteiger partial charge on any atom is -0.445 e. The Bertz CT molecular complexity index is 1130. The van der Waals surface area contributed by atoms with Gasteiger partial charge in [-0.15, -0.1) is 0 Å². The number of hydrogen-bond acceptors (Lipinski definition) is 5. The van der Waals surface area contributed by atoms with E-state index in [1.807, 2.05) is 42.6 Å². The molecule has 3 aromatic heterocycles. The summed E-state index contributed by atoms with van der Waals surface area (Å²) in [6, 6.07) is 11.6. The smallest absolute Gasteiger partial charge is 0.275 e. The average molecular weight is 373 g/mol. The molecule has 0 unspecified atom stereocenters. The Hall–Kier alpha value is -3.48. The van der Waals surface area contributed by atoms with E-state index in [-0.39, 0.29) is 5.91 Å². The molecule has 0 spiro atoms. The third-order valence-electron chi connectivity index (χ3n) is 5.08. The summed E-state index contributed by atoms with van der Waals surface area (Å²) in [6.07, 6.45) is 5.84. The van der Waals surface area contributed by atoms with Crippen LogP contribution in [0.25, 0.3) is 10.9 Å². The molecule has 7 heteroatoms. The van der Waals surface area contributed by atoms with E-state index < -0.39 is 0 Å². The van der Waals surface area contributed by atoms with Gasteiger partial charge in [-0.25, -0.2) is 4.98 Å². The molecule has 0 aliphatic carbocycles. The molecule has 1 N–H and O–H groups in total. The van der Waals surface area contributed by atoms with Crippen molar-refractivity contribution < 1.29 is 9.21 Å². The quantitative estimate of drug-likeness (QED) is 0.594. The summed E-state index contributed by atoms with van der Waals surface area (Å²) >= 11 is 0. The minimum absolute atomic E-state index is 0.0805. The van der Waals surface area contributed by atoms with Crippen LogP contribution in [0, 0.1) is 0 Å². The molecule has 140 valence electrons. The first-order valence-electron chi connectivity index (χ1n) is 9.36. The molecule has 0 radical (unpaired) electrons. The van der Waals surface area contributed by atoms with E-state index in [2.05, 4.69) is 20.2 Å². The van der Waals surface area contributed by atoms with Crippen LogP contribution in [-0.4, -0.2) is 37.5 Å². The summed E-state index contributed by atoms with van der Waals surface area (Å²) in [7, 11) is 0. The number of nitrogens with zero attached hydrogens (tertiary/aromatic N) is 4. The summed E-state index contributed by atoms with van der Waals surface area (Å²) in [5.74, 6) is 1.52. The van der Waals surface area contributed by atoms with Crippen molar-refractivity contribution in [3.63, 3.8) is 0 Å². The van der Waals surface area contributed by atoms with E-state index in [0.29, 0.717) is 31.1 Å². The molecule has 0 atom stereocenters. The number of aromatic amines is 1. The van der Waals surface area contributed by atoms with Gasteiger partial charge in [-0.1, -0.05) is 24.3 Å². The second kappa shape index (κ2) is 6.92. The molecule has 1 amide bonds. The lowest BCUT2D eigenvalue weighted by Gasteiger charge is -2.24. The van der Waals surface area contributed by atoms with Crippen molar-refractivity contribution in [3.8, 4) is 0 Å². The van der Waals surface area contributed by atoms with Crippen molar-refractivity contribution in [2.24, 2.45) is 0 Å². The van der Waals surface area contributed by atoms with E-state index in [1.54, 1.807) is 11.1 Å². The number of pyridine rings is 1. The van der Waals surface area contributed by atoms with E-state index in [1.165, 1.54) is 0 Å². The van der Waals surface area contributed by atoms with Gasteiger partial charge in [-0.2, -0.15) is 5.10 Å². The van der Waals surface area contributed by atoms with E-state index >= 15 is 0 Å². The van der Waals surface area contributed by atoms with E-state index in [9.17, 15) is 4.79 Å². The summed E-state index contributed by atoms with van der Waals surface area (Å²) in [6.45, 7) is 1.05. The minimum atomic E-state index is -0.0805. The van der Waals surface area contributed by atoms with Gasteiger partial charge in [0.25, 0.3) is 5.91 Å². The molecule has 28 heavy (non-hydrogen) atoms. The van der Waals surface area contributed by atoms with Gasteiger partial charge in [-0.3, -0.25) is 14.9 Å². The van der Waals surface area contributed by atoms with E-state index in [4.69, 9.17) is 4.42 Å². The van der Waals surface area contributed by atoms with Crippen LogP contribution in [0.1, 0.15) is 33.4 Å². The standard InChI is InChI=1S/C21H19N5O2/c27-21(20-15-5-1-2-6-16(15)24-25-20)26-11-9-18-17(13-26)23-19(28-18)8-7-14-4-3-10-22-12-14/h1-6,10,12H,7-9,11,13H2,(H,24,25). The van der Waals surface area contributed by atoms with Crippen LogP contribution < -0.4 is 0 Å². The van der Waals surface area contributed by atoms with Crippen LogP contribution >= 0.6 is 0 Å². The van der Waals surface area contributed by atoms with Crippen LogP contribution in [0.4, 0.5) is 0 Å². The molecular weight excluding hydrogens is 354 g/mol. The number of carbonyl (C=O) groups excluding carboxylic acids is 1. The maximum absolute atomic E-state index is 13.0. The fraction of sp³-hybridized carbons (Fsp3) is 0.238. The van der Waals surface area contributed by atoms with Gasteiger partial charge in [0.1, 0.15) is 11.5 Å². The zero-order chi connectivity index (χ0) is 18.9. The topological polar surface area (TPSA) is 87.9 Å². The lowest BCUT2D eigenvalue weighted by atomic mass is 10.1. The second-order valence-electron chi connectivity index (χ2n) is 6.93. The third kappa shape index (κ3) is 3.05. The number of fused-ring (bicyclic) bond motifs is 2. The average Bonchev–Trinajstić information content (AvgIpc) is 3.35. The predicted molar refractivity (Wildman–Crippen MR) is 103 cm³/mol. The summed E-state index contributed by atoms with van der Waals surface area (Å²) in [5.41, 5.74) is 3.32. The molecule has 5 rings (SSSR count). The number of aromatic nitrogens is 4. The second-order valence-corrected chi connectivity index (χ2v) is 6.93. The monoisotopic (exact) mass is 373 g/mol. The van der Waals surface area contributed by atoms with Crippen LogP contribution in [0.15, 0.2) is 53.2 Å². The molecule has 0 saturated carbocycles. The molecule has 0 fully saturated rings. The lowest BCUT2D eigenvalue weighted by molar-refractivity contribution is 0.0724. The van der Waals surface area contributed by atoms with Gasteiger partial charge >= 0.3 is 0 Å². The lowest BCUT2D eigenvalue weighted by Crippen LogP contribution is -2.36. The number of oxazole rings is 1. The van der Waals surface area contributed by atoms with Crippen LogP contribution in [0.5, 0.6) is 0 Å². The van der Waals surface area contributed by atoms with Gasteiger partial charge in [0.05, 0.1) is 12.1 Å². The van der Waals surface area contributed by atoms with Crippen molar-refractivity contribution in [3.05, 3.63) is 77.4 Å². The molecule has 0 bridgehead atoms. The molecule has 4 heterocycles. The largest absolute Gasteiger partial charge is 0.445 e. The Labute approximate surface area is 161 Å². The summed E-state index contributed by atoms with van der Waals surface area (Å²) in [4.78, 5) is 23.5. The first kappa shape index (κ1) is 16.7. The maximum atomic E-state index is 13.0. The first-order valence-corrected chi connectivity index (χ1v) is 9.36. The molecule has 7 nitrogen and oxygen atoms in total. The zero-order valence-corrected chi connectivity index (χ0v) is 15.3. The maximum Gasteiger partial charge on any atom is 0.275 e. The summed E-state index contributed by atoms with van der Waals surface area (Å²) < 4.78 is 5.93. The van der Waals surface area contributed by atoms with Gasteiger partial charge in [0.15, 0.2) is 11.6 Å².